The van der Waals surface area contributed by atoms with Crippen LogP contribution in [0.5, 0.6) is 5.75 Å². The summed E-state index contributed by atoms with van der Waals surface area (Å²) in [5, 5.41) is 2.93. The normalized spacial score (nSPS) is 16.3. The van der Waals surface area contributed by atoms with Crippen LogP contribution in [-0.2, 0) is 16.0 Å². The van der Waals surface area contributed by atoms with Gasteiger partial charge in [-0.2, -0.15) is 0 Å². The molecule has 2 aromatic carbocycles. The summed E-state index contributed by atoms with van der Waals surface area (Å²) in [7, 11) is 0. The summed E-state index contributed by atoms with van der Waals surface area (Å²) < 4.78 is 6.14. The van der Waals surface area contributed by atoms with Crippen LogP contribution in [0.15, 0.2) is 42.5 Å². The number of ether oxygens (including phenoxy) is 1. The number of carbonyl (C=O) groups excluding carboxylic acids is 2. The molecule has 2 atom stereocenters. The van der Waals surface area contributed by atoms with E-state index < -0.39 is 6.10 Å². The van der Waals surface area contributed by atoms with E-state index in [0.717, 1.165) is 24.0 Å². The molecule has 5 heteroatoms. The largest absolute Gasteiger partial charge is 0.481 e. The highest BCUT2D eigenvalue weighted by Gasteiger charge is 2.32. The Morgan fingerprint density at radius 1 is 1.12 bits per heavy atom. The van der Waals surface area contributed by atoms with Crippen molar-refractivity contribution in [2.24, 2.45) is 5.92 Å². The number of hydrogen-bond donors (Lipinski definition) is 1. The lowest BCUT2D eigenvalue weighted by Crippen LogP contribution is -2.41. The maximum absolute atomic E-state index is 13.2. The maximum atomic E-state index is 13.2. The van der Waals surface area contributed by atoms with Crippen molar-refractivity contribution in [3.8, 4) is 5.75 Å². The molecule has 0 saturated carbocycles. The molecule has 0 fully saturated rings. The van der Waals surface area contributed by atoms with Crippen LogP contribution in [-0.4, -0.2) is 35.9 Å². The van der Waals surface area contributed by atoms with Crippen molar-refractivity contribution in [2.45, 2.75) is 72.4 Å². The Labute approximate surface area is 198 Å². The molecule has 0 aromatic heterocycles. The van der Waals surface area contributed by atoms with Crippen molar-refractivity contribution in [1.29, 1.82) is 0 Å². The molecule has 1 aliphatic heterocycles. The van der Waals surface area contributed by atoms with Gasteiger partial charge in [0.1, 0.15) is 5.75 Å². The van der Waals surface area contributed by atoms with E-state index >= 15 is 0 Å². The fourth-order valence-corrected chi connectivity index (χ4v) is 4.36. The van der Waals surface area contributed by atoms with E-state index in [1.165, 1.54) is 11.1 Å². The second-order valence-electron chi connectivity index (χ2n) is 9.41. The van der Waals surface area contributed by atoms with Gasteiger partial charge in [-0.05, 0) is 60.9 Å². The minimum Gasteiger partial charge on any atom is -0.481 e. The average molecular weight is 451 g/mol. The number of nitrogens with one attached hydrogen (secondary N) is 1. The number of hydrogen-bond acceptors (Lipinski definition) is 3. The van der Waals surface area contributed by atoms with Crippen LogP contribution in [0.3, 0.4) is 0 Å². The SMILES string of the molecule is CCCNC(=O)C(CC)Oc1ccc2c(c1)C(c1ccc(C)cc1)N(C(=O)CC(C)C)CC2. The van der Waals surface area contributed by atoms with Gasteiger partial charge >= 0.3 is 0 Å². The predicted octanol–water partition coefficient (Wildman–Crippen LogP) is 5.20. The molecule has 0 bridgehead atoms. The number of carbonyl (C=O) groups is 2. The fourth-order valence-electron chi connectivity index (χ4n) is 4.36. The van der Waals surface area contributed by atoms with Gasteiger partial charge in [-0.3, -0.25) is 9.59 Å². The Kier molecular flexibility index (Phi) is 8.54. The Bertz CT molecular complexity index is 952. The topological polar surface area (TPSA) is 58.6 Å². The molecule has 0 radical (unpaired) electrons. The van der Waals surface area contributed by atoms with Crippen molar-refractivity contribution >= 4 is 11.8 Å². The van der Waals surface area contributed by atoms with E-state index in [1.807, 2.05) is 30.9 Å². The summed E-state index contributed by atoms with van der Waals surface area (Å²) in [4.78, 5) is 27.7. The van der Waals surface area contributed by atoms with E-state index in [0.29, 0.717) is 37.6 Å². The lowest BCUT2D eigenvalue weighted by Gasteiger charge is -2.38. The van der Waals surface area contributed by atoms with Gasteiger partial charge < -0.3 is 15.0 Å². The molecule has 0 spiro atoms. The molecule has 0 aliphatic carbocycles. The summed E-state index contributed by atoms with van der Waals surface area (Å²) in [6.45, 7) is 11.6. The number of rotatable bonds is 9. The molecule has 5 nitrogen and oxygen atoms in total. The van der Waals surface area contributed by atoms with Crippen molar-refractivity contribution in [1.82, 2.24) is 10.2 Å². The molecule has 2 aromatic rings. The van der Waals surface area contributed by atoms with Crippen molar-refractivity contribution in [3.63, 3.8) is 0 Å². The molecule has 0 saturated heterocycles. The molecule has 2 unspecified atom stereocenters. The number of nitrogens with zero attached hydrogens (tertiary/aromatic N) is 1. The number of fused-ring (bicyclic) bond motifs is 1. The van der Waals surface area contributed by atoms with Crippen LogP contribution in [0.25, 0.3) is 0 Å². The summed E-state index contributed by atoms with van der Waals surface area (Å²) in [5.74, 6) is 1.07. The predicted molar refractivity (Wildman–Crippen MR) is 132 cm³/mol. The van der Waals surface area contributed by atoms with Gasteiger partial charge in [0.05, 0.1) is 6.04 Å². The van der Waals surface area contributed by atoms with Crippen LogP contribution < -0.4 is 10.1 Å². The third-order valence-corrected chi connectivity index (χ3v) is 6.13. The minimum atomic E-state index is -0.533. The summed E-state index contributed by atoms with van der Waals surface area (Å²) in [6.07, 6.45) is 2.29. The third kappa shape index (κ3) is 6.16. The first kappa shape index (κ1) is 24.8. The molecule has 1 heterocycles. The molecule has 3 rings (SSSR count). The lowest BCUT2D eigenvalue weighted by molar-refractivity contribution is -0.134. The molecule has 2 amide bonds. The van der Waals surface area contributed by atoms with Crippen LogP contribution in [0.1, 0.15) is 75.3 Å². The van der Waals surface area contributed by atoms with E-state index in [9.17, 15) is 9.59 Å². The number of aryl methyl sites for hydroxylation is 1. The third-order valence-electron chi connectivity index (χ3n) is 6.13. The first-order valence-corrected chi connectivity index (χ1v) is 12.3. The van der Waals surface area contributed by atoms with Crippen molar-refractivity contribution in [2.75, 3.05) is 13.1 Å². The Morgan fingerprint density at radius 2 is 1.85 bits per heavy atom. The minimum absolute atomic E-state index is 0.0825. The summed E-state index contributed by atoms with van der Waals surface area (Å²) in [5.41, 5.74) is 4.60. The van der Waals surface area contributed by atoms with E-state index in [1.54, 1.807) is 0 Å². The highest BCUT2D eigenvalue weighted by molar-refractivity contribution is 5.81. The van der Waals surface area contributed by atoms with Gasteiger partial charge in [0.15, 0.2) is 6.10 Å². The molecule has 178 valence electrons. The zero-order chi connectivity index (χ0) is 24.0. The molecule has 1 aliphatic rings. The molecular formula is C28H38N2O3. The number of benzene rings is 2. The van der Waals surface area contributed by atoms with E-state index in [-0.39, 0.29) is 17.9 Å². The van der Waals surface area contributed by atoms with Crippen molar-refractivity contribution in [3.05, 3.63) is 64.7 Å². The zero-order valence-corrected chi connectivity index (χ0v) is 20.7. The van der Waals surface area contributed by atoms with Crippen LogP contribution >= 0.6 is 0 Å². The smallest absolute Gasteiger partial charge is 0.261 e. The standard InChI is InChI=1S/C28H38N2O3/c1-6-15-29-28(32)25(7-2)33-23-13-12-21-14-16-30(26(31)17-19(3)4)27(24(21)18-23)22-10-8-20(5)9-11-22/h8-13,18-19,25,27H,6-7,14-17H2,1-5H3,(H,29,32). The van der Waals surface area contributed by atoms with E-state index in [4.69, 9.17) is 4.74 Å². The van der Waals surface area contributed by atoms with Gasteiger partial charge in [0.2, 0.25) is 5.91 Å². The first-order valence-electron chi connectivity index (χ1n) is 12.3. The Morgan fingerprint density at radius 3 is 2.48 bits per heavy atom. The highest BCUT2D eigenvalue weighted by atomic mass is 16.5. The van der Waals surface area contributed by atoms with Crippen molar-refractivity contribution < 1.29 is 14.3 Å². The summed E-state index contributed by atoms with van der Waals surface area (Å²) >= 11 is 0. The number of amides is 2. The van der Waals surface area contributed by atoms with Crippen LogP contribution in [0, 0.1) is 12.8 Å². The van der Waals surface area contributed by atoms with Gasteiger partial charge in [-0.15, -0.1) is 0 Å². The lowest BCUT2D eigenvalue weighted by atomic mass is 9.87. The van der Waals surface area contributed by atoms with Gasteiger partial charge in [0, 0.05) is 19.5 Å². The zero-order valence-electron chi connectivity index (χ0n) is 20.7. The van der Waals surface area contributed by atoms with Gasteiger partial charge in [0.25, 0.3) is 5.91 Å². The average Bonchev–Trinajstić information content (AvgIpc) is 2.80. The van der Waals surface area contributed by atoms with Crippen LogP contribution in [0.2, 0.25) is 0 Å². The van der Waals surface area contributed by atoms with Gasteiger partial charge in [-0.1, -0.05) is 63.6 Å². The Balaban J connectivity index is 1.96. The maximum Gasteiger partial charge on any atom is 0.261 e. The molecule has 1 N–H and O–H groups in total. The van der Waals surface area contributed by atoms with Crippen LogP contribution in [0.4, 0.5) is 0 Å². The quantitative estimate of drug-likeness (QED) is 0.571. The highest BCUT2D eigenvalue weighted by Crippen LogP contribution is 2.38. The second-order valence-corrected chi connectivity index (χ2v) is 9.41. The first-order chi connectivity index (χ1) is 15.8. The fraction of sp³-hybridized carbons (Fsp3) is 0.500. The Hall–Kier alpha value is -2.82. The van der Waals surface area contributed by atoms with E-state index in [2.05, 4.69) is 56.4 Å². The summed E-state index contributed by atoms with van der Waals surface area (Å²) in [6, 6.07) is 14.3. The monoisotopic (exact) mass is 450 g/mol. The second kappa shape index (κ2) is 11.4. The molecule has 33 heavy (non-hydrogen) atoms. The molecular weight excluding hydrogens is 412 g/mol. The van der Waals surface area contributed by atoms with Gasteiger partial charge in [-0.25, -0.2) is 0 Å².